The van der Waals surface area contributed by atoms with Crippen LogP contribution in [-0.4, -0.2) is 16.6 Å². The average Bonchev–Trinajstić information content (AvgIpc) is 2.29. The number of nitrogen functional groups attached to an aromatic ring is 1. The minimum absolute atomic E-state index is 0.549. The van der Waals surface area contributed by atoms with Gasteiger partial charge in [-0.2, -0.15) is 0 Å². The lowest BCUT2D eigenvalue weighted by Crippen LogP contribution is -2.05. The molecular weight excluding hydrogens is 214 g/mol. The number of benzene rings is 1. The fourth-order valence-corrected chi connectivity index (χ4v) is 1.49. The molecule has 2 rings (SSSR count). The lowest BCUT2D eigenvalue weighted by molar-refractivity contribution is 0.319. The summed E-state index contributed by atoms with van der Waals surface area (Å²) >= 11 is 0. The SMILES string of the molecule is Cc1ccnc(CCOc2cccc(N)c2)n1. The maximum Gasteiger partial charge on any atom is 0.131 e. The molecule has 2 aromatic rings. The van der Waals surface area contributed by atoms with Gasteiger partial charge in [-0.3, -0.25) is 0 Å². The summed E-state index contributed by atoms with van der Waals surface area (Å²) in [6.45, 7) is 2.50. The van der Waals surface area contributed by atoms with Gasteiger partial charge >= 0.3 is 0 Å². The van der Waals surface area contributed by atoms with Crippen LogP contribution in [0.5, 0.6) is 5.75 Å². The molecule has 0 saturated heterocycles. The molecule has 1 aromatic carbocycles. The van der Waals surface area contributed by atoms with Crippen LogP contribution in [0.25, 0.3) is 0 Å². The second kappa shape index (κ2) is 5.30. The number of nitrogens with zero attached hydrogens (tertiary/aromatic N) is 2. The topological polar surface area (TPSA) is 61.0 Å². The highest BCUT2D eigenvalue weighted by atomic mass is 16.5. The molecular formula is C13H15N3O. The molecule has 1 aromatic heterocycles. The lowest BCUT2D eigenvalue weighted by atomic mass is 10.3. The number of aromatic nitrogens is 2. The van der Waals surface area contributed by atoms with E-state index in [1.54, 1.807) is 12.3 Å². The Morgan fingerprint density at radius 1 is 1.29 bits per heavy atom. The third kappa shape index (κ3) is 3.45. The van der Waals surface area contributed by atoms with Crippen molar-refractivity contribution < 1.29 is 4.74 Å². The van der Waals surface area contributed by atoms with E-state index in [0.29, 0.717) is 18.7 Å². The van der Waals surface area contributed by atoms with E-state index in [0.717, 1.165) is 17.3 Å². The van der Waals surface area contributed by atoms with E-state index < -0.39 is 0 Å². The number of aryl methyl sites for hydroxylation is 1. The number of ether oxygens (including phenoxy) is 1. The zero-order chi connectivity index (χ0) is 12.1. The number of hydrogen-bond donors (Lipinski definition) is 1. The van der Waals surface area contributed by atoms with Gasteiger partial charge in [0.15, 0.2) is 0 Å². The zero-order valence-corrected chi connectivity index (χ0v) is 9.76. The fourth-order valence-electron chi connectivity index (χ4n) is 1.49. The van der Waals surface area contributed by atoms with Crippen molar-refractivity contribution in [3.05, 3.63) is 48.0 Å². The minimum atomic E-state index is 0.549. The molecule has 17 heavy (non-hydrogen) atoms. The third-order valence-electron chi connectivity index (χ3n) is 2.30. The summed E-state index contributed by atoms with van der Waals surface area (Å²) in [5.74, 6) is 1.58. The van der Waals surface area contributed by atoms with E-state index in [-0.39, 0.29) is 0 Å². The van der Waals surface area contributed by atoms with Crippen molar-refractivity contribution >= 4 is 5.69 Å². The number of anilines is 1. The van der Waals surface area contributed by atoms with Gasteiger partial charge < -0.3 is 10.5 Å². The summed E-state index contributed by atoms with van der Waals surface area (Å²) in [6.07, 6.45) is 2.45. The first kappa shape index (κ1) is 11.4. The molecule has 0 unspecified atom stereocenters. The molecule has 4 nitrogen and oxygen atoms in total. The predicted molar refractivity (Wildman–Crippen MR) is 66.8 cm³/mol. The molecule has 0 radical (unpaired) electrons. The Morgan fingerprint density at radius 3 is 2.94 bits per heavy atom. The smallest absolute Gasteiger partial charge is 0.131 e. The first-order chi connectivity index (χ1) is 8.24. The number of nitrogens with two attached hydrogens (primary N) is 1. The van der Waals surface area contributed by atoms with Gasteiger partial charge in [-0.05, 0) is 25.1 Å². The van der Waals surface area contributed by atoms with E-state index in [2.05, 4.69) is 9.97 Å². The summed E-state index contributed by atoms with van der Waals surface area (Å²) in [6, 6.07) is 9.26. The average molecular weight is 229 g/mol. The Hall–Kier alpha value is -2.10. The second-order valence-electron chi connectivity index (χ2n) is 3.79. The van der Waals surface area contributed by atoms with Gasteiger partial charge in [-0.15, -0.1) is 0 Å². The van der Waals surface area contributed by atoms with Gasteiger partial charge in [0.05, 0.1) is 6.61 Å². The van der Waals surface area contributed by atoms with Gasteiger partial charge in [0.1, 0.15) is 11.6 Å². The van der Waals surface area contributed by atoms with Crippen LogP contribution in [0.4, 0.5) is 5.69 Å². The molecule has 0 atom stereocenters. The van der Waals surface area contributed by atoms with E-state index in [1.165, 1.54) is 0 Å². The van der Waals surface area contributed by atoms with Crippen LogP contribution < -0.4 is 10.5 Å². The van der Waals surface area contributed by atoms with Crippen LogP contribution in [0.15, 0.2) is 36.5 Å². The second-order valence-corrected chi connectivity index (χ2v) is 3.79. The maximum absolute atomic E-state index is 5.66. The normalized spacial score (nSPS) is 10.2. The summed E-state index contributed by atoms with van der Waals surface area (Å²) in [4.78, 5) is 8.48. The Labute approximate surface area is 100 Å². The van der Waals surface area contributed by atoms with Crippen molar-refractivity contribution in [1.29, 1.82) is 0 Å². The molecule has 0 spiro atoms. The predicted octanol–water partition coefficient (Wildman–Crippen LogP) is 1.99. The highest BCUT2D eigenvalue weighted by Gasteiger charge is 1.98. The summed E-state index contributed by atoms with van der Waals surface area (Å²) in [5.41, 5.74) is 7.33. The van der Waals surface area contributed by atoms with Crippen LogP contribution in [0, 0.1) is 6.92 Å². The lowest BCUT2D eigenvalue weighted by Gasteiger charge is -2.06. The van der Waals surface area contributed by atoms with Crippen molar-refractivity contribution in [2.45, 2.75) is 13.3 Å². The molecule has 0 aliphatic heterocycles. The van der Waals surface area contributed by atoms with Crippen molar-refractivity contribution in [1.82, 2.24) is 9.97 Å². The number of hydrogen-bond acceptors (Lipinski definition) is 4. The van der Waals surface area contributed by atoms with Gasteiger partial charge in [0.25, 0.3) is 0 Å². The first-order valence-electron chi connectivity index (χ1n) is 5.51. The summed E-state index contributed by atoms with van der Waals surface area (Å²) in [7, 11) is 0. The fraction of sp³-hybridized carbons (Fsp3) is 0.231. The molecule has 0 saturated carbocycles. The van der Waals surface area contributed by atoms with Crippen molar-refractivity contribution in [2.24, 2.45) is 0 Å². The highest BCUT2D eigenvalue weighted by molar-refractivity contribution is 5.43. The van der Waals surface area contributed by atoms with Gasteiger partial charge in [0, 0.05) is 30.1 Å². The largest absolute Gasteiger partial charge is 0.493 e. The first-order valence-corrected chi connectivity index (χ1v) is 5.51. The van der Waals surface area contributed by atoms with Crippen LogP contribution in [-0.2, 0) is 6.42 Å². The highest BCUT2D eigenvalue weighted by Crippen LogP contribution is 2.14. The Morgan fingerprint density at radius 2 is 2.18 bits per heavy atom. The molecule has 0 aliphatic rings. The van der Waals surface area contributed by atoms with Crippen LogP contribution in [0.3, 0.4) is 0 Å². The van der Waals surface area contributed by atoms with Crippen LogP contribution in [0.1, 0.15) is 11.5 Å². The minimum Gasteiger partial charge on any atom is -0.493 e. The van der Waals surface area contributed by atoms with E-state index in [4.69, 9.17) is 10.5 Å². The van der Waals surface area contributed by atoms with Crippen molar-refractivity contribution in [3.63, 3.8) is 0 Å². The zero-order valence-electron chi connectivity index (χ0n) is 9.76. The molecule has 0 aliphatic carbocycles. The summed E-state index contributed by atoms with van der Waals surface area (Å²) < 4.78 is 5.57. The van der Waals surface area contributed by atoms with Gasteiger partial charge in [-0.1, -0.05) is 6.07 Å². The quantitative estimate of drug-likeness (QED) is 0.814. The molecule has 88 valence electrons. The monoisotopic (exact) mass is 229 g/mol. The van der Waals surface area contributed by atoms with Gasteiger partial charge in [0.2, 0.25) is 0 Å². The maximum atomic E-state index is 5.66. The third-order valence-corrected chi connectivity index (χ3v) is 2.30. The Bertz CT molecular complexity index is 454. The Kier molecular flexibility index (Phi) is 3.55. The molecule has 2 N–H and O–H groups in total. The molecule has 0 amide bonds. The molecule has 0 bridgehead atoms. The van der Waals surface area contributed by atoms with E-state index >= 15 is 0 Å². The molecule has 1 heterocycles. The van der Waals surface area contributed by atoms with E-state index in [9.17, 15) is 0 Å². The van der Waals surface area contributed by atoms with E-state index in [1.807, 2.05) is 31.2 Å². The van der Waals surface area contributed by atoms with Crippen molar-refractivity contribution in [2.75, 3.05) is 12.3 Å². The molecule has 4 heteroatoms. The number of rotatable bonds is 4. The Balaban J connectivity index is 1.87. The summed E-state index contributed by atoms with van der Waals surface area (Å²) in [5, 5.41) is 0. The van der Waals surface area contributed by atoms with Crippen LogP contribution in [0.2, 0.25) is 0 Å². The van der Waals surface area contributed by atoms with Gasteiger partial charge in [-0.25, -0.2) is 9.97 Å². The standard InChI is InChI=1S/C13H15N3O/c1-10-5-7-15-13(16-10)6-8-17-12-4-2-3-11(14)9-12/h2-5,7,9H,6,8,14H2,1H3. The van der Waals surface area contributed by atoms with Crippen LogP contribution >= 0.6 is 0 Å². The van der Waals surface area contributed by atoms with Crippen molar-refractivity contribution in [3.8, 4) is 5.75 Å². The molecule has 0 fully saturated rings.